The molecule has 0 heterocycles. The van der Waals surface area contributed by atoms with E-state index in [0.29, 0.717) is 17.7 Å². The van der Waals surface area contributed by atoms with Gasteiger partial charge in [0.2, 0.25) is 0 Å². The fraction of sp³-hybridized carbons (Fsp3) is 0.200. The van der Waals surface area contributed by atoms with E-state index in [2.05, 4.69) is 15.9 Å². The number of benzene rings is 1. The van der Waals surface area contributed by atoms with Crippen LogP contribution in [0, 0.1) is 0 Å². The zero-order valence-corrected chi connectivity index (χ0v) is 9.36. The van der Waals surface area contributed by atoms with E-state index in [1.165, 1.54) is 12.1 Å². The maximum Gasteiger partial charge on any atom is 0.377 e. The number of carboxylic acids is 1. The maximum atomic E-state index is 11.0. The number of rotatable bonds is 5. The summed E-state index contributed by atoms with van der Waals surface area (Å²) in [6.45, 7) is 0.520. The van der Waals surface area contributed by atoms with Gasteiger partial charge >= 0.3 is 5.97 Å². The molecule has 1 N–H and O–H groups in total. The Balaban J connectivity index is 2.72. The van der Waals surface area contributed by atoms with E-state index in [1.807, 2.05) is 0 Å². The first kappa shape index (κ1) is 11.7. The van der Waals surface area contributed by atoms with Crippen LogP contribution in [0.1, 0.15) is 10.4 Å². The third-order valence-corrected chi connectivity index (χ3v) is 1.98. The highest BCUT2D eigenvalue weighted by Crippen LogP contribution is 2.12. The predicted octanol–water partition coefficient (Wildman–Crippen LogP) is 1.73. The molecule has 4 nitrogen and oxygen atoms in total. The molecular formula is C10H9BrO4. The molecule has 1 rings (SSSR count). The minimum atomic E-state index is -1.45. The van der Waals surface area contributed by atoms with Gasteiger partial charge in [-0.25, -0.2) is 4.79 Å². The number of carboxylic acid groups (broad SMARTS) is 1. The summed E-state index contributed by atoms with van der Waals surface area (Å²) in [5, 5.41) is 9.17. The summed E-state index contributed by atoms with van der Waals surface area (Å²) in [6.07, 6.45) is 0. The van der Waals surface area contributed by atoms with Crippen LogP contribution in [-0.4, -0.2) is 28.8 Å². The molecule has 0 unspecified atom stereocenters. The van der Waals surface area contributed by atoms with Crippen molar-refractivity contribution < 1.29 is 19.4 Å². The molecule has 5 heteroatoms. The molecule has 1 aromatic carbocycles. The molecule has 1 aromatic rings. The van der Waals surface area contributed by atoms with Crippen LogP contribution in [-0.2, 0) is 4.79 Å². The van der Waals surface area contributed by atoms with Crippen molar-refractivity contribution in [3.63, 3.8) is 0 Å². The van der Waals surface area contributed by atoms with Crippen LogP contribution < -0.4 is 4.74 Å². The number of ketones is 1. The Labute approximate surface area is 95.0 Å². The first-order valence-electron chi connectivity index (χ1n) is 4.21. The molecule has 80 valence electrons. The molecule has 0 bridgehead atoms. The summed E-state index contributed by atoms with van der Waals surface area (Å²) in [5.74, 6) is -1.76. The number of halogens is 1. The quantitative estimate of drug-likeness (QED) is 0.504. The first-order valence-corrected chi connectivity index (χ1v) is 5.33. The standard InChI is InChI=1S/C10H9BrO4/c11-5-6-15-8-3-1-7(2-4-8)9(12)10(13)14/h1-4H,5-6H2,(H,13,14). The molecule has 0 aliphatic rings. The van der Waals surface area contributed by atoms with Gasteiger partial charge in [0.05, 0.1) is 6.61 Å². The zero-order chi connectivity index (χ0) is 11.3. The highest BCUT2D eigenvalue weighted by atomic mass is 79.9. The Hall–Kier alpha value is -1.36. The average molecular weight is 273 g/mol. The Morgan fingerprint density at radius 1 is 1.27 bits per heavy atom. The highest BCUT2D eigenvalue weighted by molar-refractivity contribution is 9.09. The van der Waals surface area contributed by atoms with Gasteiger partial charge in [-0.05, 0) is 24.3 Å². The Morgan fingerprint density at radius 3 is 2.33 bits per heavy atom. The van der Waals surface area contributed by atoms with Gasteiger partial charge in [0.15, 0.2) is 0 Å². The van der Waals surface area contributed by atoms with Crippen molar-refractivity contribution in [1.82, 2.24) is 0 Å². The molecule has 0 saturated heterocycles. The third-order valence-electron chi connectivity index (χ3n) is 1.66. The van der Waals surface area contributed by atoms with E-state index in [-0.39, 0.29) is 5.56 Å². The van der Waals surface area contributed by atoms with Gasteiger partial charge in [0.1, 0.15) is 5.75 Å². The molecule has 0 radical (unpaired) electrons. The SMILES string of the molecule is O=C(O)C(=O)c1ccc(OCCBr)cc1. The largest absolute Gasteiger partial charge is 0.493 e. The molecule has 0 aliphatic carbocycles. The number of hydrogen-bond donors (Lipinski definition) is 1. The first-order chi connectivity index (χ1) is 7.15. The van der Waals surface area contributed by atoms with Crippen molar-refractivity contribution in [3.8, 4) is 5.75 Å². The van der Waals surface area contributed by atoms with Crippen LogP contribution in [0.2, 0.25) is 0 Å². The molecular weight excluding hydrogens is 264 g/mol. The van der Waals surface area contributed by atoms with Crippen molar-refractivity contribution >= 4 is 27.7 Å². The number of alkyl halides is 1. The second kappa shape index (κ2) is 5.50. The van der Waals surface area contributed by atoms with Crippen LogP contribution >= 0.6 is 15.9 Å². The molecule has 0 aliphatic heterocycles. The topological polar surface area (TPSA) is 63.6 Å². The van der Waals surface area contributed by atoms with E-state index in [0.717, 1.165) is 0 Å². The van der Waals surface area contributed by atoms with Crippen LogP contribution in [0.25, 0.3) is 0 Å². The van der Waals surface area contributed by atoms with Crippen LogP contribution in [0.3, 0.4) is 0 Å². The van der Waals surface area contributed by atoms with Crippen molar-refractivity contribution in [2.45, 2.75) is 0 Å². The number of hydrogen-bond acceptors (Lipinski definition) is 3. The fourth-order valence-corrected chi connectivity index (χ4v) is 1.14. The normalized spacial score (nSPS) is 9.67. The lowest BCUT2D eigenvalue weighted by molar-refractivity contribution is -0.131. The summed E-state index contributed by atoms with van der Waals surface area (Å²) >= 11 is 3.21. The van der Waals surface area contributed by atoms with Gasteiger partial charge in [-0.3, -0.25) is 4.79 Å². The number of ether oxygens (including phenoxy) is 1. The summed E-state index contributed by atoms with van der Waals surface area (Å²) in [7, 11) is 0. The van der Waals surface area contributed by atoms with Gasteiger partial charge < -0.3 is 9.84 Å². The molecule has 0 fully saturated rings. The van der Waals surface area contributed by atoms with E-state index >= 15 is 0 Å². The minimum Gasteiger partial charge on any atom is -0.493 e. The van der Waals surface area contributed by atoms with Crippen molar-refractivity contribution in [3.05, 3.63) is 29.8 Å². The summed E-state index contributed by atoms with van der Waals surface area (Å²) in [5.41, 5.74) is 0.147. The highest BCUT2D eigenvalue weighted by Gasteiger charge is 2.13. The van der Waals surface area contributed by atoms with E-state index in [4.69, 9.17) is 9.84 Å². The number of Topliss-reactive ketones (excluding diaryl/α,β-unsaturated/α-hetero) is 1. The number of aliphatic carboxylic acids is 1. The summed E-state index contributed by atoms with van der Waals surface area (Å²) in [4.78, 5) is 21.4. The van der Waals surface area contributed by atoms with Crippen molar-refractivity contribution in [2.24, 2.45) is 0 Å². The van der Waals surface area contributed by atoms with Crippen molar-refractivity contribution in [2.75, 3.05) is 11.9 Å². The van der Waals surface area contributed by atoms with Gasteiger partial charge in [0, 0.05) is 10.9 Å². The molecule has 0 aromatic heterocycles. The Kier molecular flexibility index (Phi) is 4.30. The lowest BCUT2D eigenvalue weighted by Gasteiger charge is -2.03. The number of carbonyl (C=O) groups excluding carboxylic acids is 1. The molecule has 0 amide bonds. The van der Waals surface area contributed by atoms with E-state index in [1.54, 1.807) is 12.1 Å². The van der Waals surface area contributed by atoms with Crippen LogP contribution in [0.5, 0.6) is 5.75 Å². The minimum absolute atomic E-state index is 0.147. The van der Waals surface area contributed by atoms with Gasteiger partial charge in [-0.15, -0.1) is 0 Å². The number of carbonyl (C=O) groups is 2. The molecule has 0 atom stereocenters. The van der Waals surface area contributed by atoms with Gasteiger partial charge in [-0.2, -0.15) is 0 Å². The van der Waals surface area contributed by atoms with Crippen LogP contribution in [0.15, 0.2) is 24.3 Å². The molecule has 0 spiro atoms. The Bertz CT molecular complexity index is 358. The zero-order valence-electron chi connectivity index (χ0n) is 7.77. The fourth-order valence-electron chi connectivity index (χ4n) is 0.982. The van der Waals surface area contributed by atoms with Gasteiger partial charge in [-0.1, -0.05) is 15.9 Å². The maximum absolute atomic E-state index is 11.0. The predicted molar refractivity (Wildman–Crippen MR) is 57.7 cm³/mol. The second-order valence-electron chi connectivity index (χ2n) is 2.70. The summed E-state index contributed by atoms with van der Waals surface area (Å²) in [6, 6.07) is 6.00. The Morgan fingerprint density at radius 2 is 1.87 bits per heavy atom. The smallest absolute Gasteiger partial charge is 0.377 e. The van der Waals surface area contributed by atoms with E-state index in [9.17, 15) is 9.59 Å². The summed E-state index contributed by atoms with van der Waals surface area (Å²) < 4.78 is 5.24. The second-order valence-corrected chi connectivity index (χ2v) is 3.49. The molecule has 0 saturated carbocycles. The third kappa shape index (κ3) is 3.36. The van der Waals surface area contributed by atoms with E-state index < -0.39 is 11.8 Å². The van der Waals surface area contributed by atoms with Crippen molar-refractivity contribution in [1.29, 1.82) is 0 Å². The van der Waals surface area contributed by atoms with Crippen LogP contribution in [0.4, 0.5) is 0 Å². The van der Waals surface area contributed by atoms with Gasteiger partial charge in [0.25, 0.3) is 5.78 Å². The lowest BCUT2D eigenvalue weighted by atomic mass is 10.1. The average Bonchev–Trinajstić information content (AvgIpc) is 2.26. The lowest BCUT2D eigenvalue weighted by Crippen LogP contribution is -2.12. The molecule has 15 heavy (non-hydrogen) atoms. The monoisotopic (exact) mass is 272 g/mol.